The second-order valence-corrected chi connectivity index (χ2v) is 5.69. The Labute approximate surface area is 154 Å². The molecule has 0 aliphatic carbocycles. The highest BCUT2D eigenvalue weighted by Gasteiger charge is 2.31. The van der Waals surface area contributed by atoms with E-state index in [0.29, 0.717) is 28.5 Å². The van der Waals surface area contributed by atoms with Crippen molar-refractivity contribution in [1.82, 2.24) is 0 Å². The number of nitrogens with zero attached hydrogens (tertiary/aromatic N) is 1. The third-order valence-corrected chi connectivity index (χ3v) is 3.58. The van der Waals surface area contributed by atoms with Crippen LogP contribution in [0, 0.1) is 0 Å². The molecule has 0 saturated heterocycles. The fourth-order valence-electron chi connectivity index (χ4n) is 2.42. The SMILES string of the molecule is CC(=Nc1cccc(Oc2ccccc2)c1)c1cccc(OC(F)(F)F)c1. The molecule has 6 heteroatoms. The molecule has 0 heterocycles. The van der Waals surface area contributed by atoms with Gasteiger partial charge in [-0.25, -0.2) is 0 Å². The molecular formula is C21H16F3NO2. The summed E-state index contributed by atoms with van der Waals surface area (Å²) in [6, 6.07) is 22.2. The van der Waals surface area contributed by atoms with Crippen molar-refractivity contribution in [2.45, 2.75) is 13.3 Å². The topological polar surface area (TPSA) is 30.8 Å². The van der Waals surface area contributed by atoms with E-state index in [0.717, 1.165) is 0 Å². The quantitative estimate of drug-likeness (QED) is 0.478. The molecule has 138 valence electrons. The molecular weight excluding hydrogens is 355 g/mol. The van der Waals surface area contributed by atoms with Crippen LogP contribution in [0.4, 0.5) is 18.9 Å². The molecule has 0 N–H and O–H groups in total. The molecule has 27 heavy (non-hydrogen) atoms. The summed E-state index contributed by atoms with van der Waals surface area (Å²) in [5, 5.41) is 0. The molecule has 0 amide bonds. The van der Waals surface area contributed by atoms with Crippen molar-refractivity contribution in [3.63, 3.8) is 0 Å². The molecule has 3 aromatic carbocycles. The van der Waals surface area contributed by atoms with E-state index in [2.05, 4.69) is 9.73 Å². The lowest BCUT2D eigenvalue weighted by atomic mass is 10.1. The van der Waals surface area contributed by atoms with Crippen LogP contribution in [-0.2, 0) is 0 Å². The maximum absolute atomic E-state index is 12.4. The minimum Gasteiger partial charge on any atom is -0.457 e. The van der Waals surface area contributed by atoms with Crippen LogP contribution in [0.25, 0.3) is 0 Å². The van der Waals surface area contributed by atoms with Crippen LogP contribution in [0.3, 0.4) is 0 Å². The molecule has 0 fully saturated rings. The lowest BCUT2D eigenvalue weighted by Crippen LogP contribution is -2.17. The second kappa shape index (κ2) is 7.95. The summed E-state index contributed by atoms with van der Waals surface area (Å²) in [4.78, 5) is 4.47. The number of halogens is 3. The van der Waals surface area contributed by atoms with Gasteiger partial charge in [-0.3, -0.25) is 4.99 Å². The van der Waals surface area contributed by atoms with Crippen molar-refractivity contribution in [3.8, 4) is 17.2 Å². The Morgan fingerprint density at radius 2 is 1.44 bits per heavy atom. The highest BCUT2D eigenvalue weighted by Crippen LogP contribution is 2.27. The standard InChI is InChI=1S/C21H16F3NO2/c1-15(16-7-5-12-20(13-16)27-21(22,23)24)25-17-8-6-11-19(14-17)26-18-9-3-2-4-10-18/h2-14H,1H3. The number of hydrogen-bond donors (Lipinski definition) is 0. The highest BCUT2D eigenvalue weighted by atomic mass is 19.4. The Bertz CT molecular complexity index is 937. The van der Waals surface area contributed by atoms with Crippen molar-refractivity contribution < 1.29 is 22.6 Å². The van der Waals surface area contributed by atoms with Crippen LogP contribution in [0.1, 0.15) is 12.5 Å². The van der Waals surface area contributed by atoms with Crippen LogP contribution >= 0.6 is 0 Å². The van der Waals surface area contributed by atoms with Gasteiger partial charge in [0.15, 0.2) is 0 Å². The molecule has 0 spiro atoms. The van der Waals surface area contributed by atoms with Gasteiger partial charge in [-0.05, 0) is 48.9 Å². The van der Waals surface area contributed by atoms with Crippen LogP contribution in [0.2, 0.25) is 0 Å². The maximum atomic E-state index is 12.4. The number of aliphatic imine (C=N–C) groups is 1. The van der Waals surface area contributed by atoms with E-state index in [9.17, 15) is 13.2 Å². The molecule has 3 nitrogen and oxygen atoms in total. The van der Waals surface area contributed by atoms with Gasteiger partial charge in [0.25, 0.3) is 0 Å². The number of rotatable bonds is 5. The first-order valence-corrected chi connectivity index (χ1v) is 8.13. The van der Waals surface area contributed by atoms with Crippen LogP contribution in [0.5, 0.6) is 17.2 Å². The van der Waals surface area contributed by atoms with Gasteiger partial charge in [0.1, 0.15) is 17.2 Å². The molecule has 0 aliphatic rings. The molecule has 0 aromatic heterocycles. The zero-order valence-electron chi connectivity index (χ0n) is 14.4. The number of ether oxygens (including phenoxy) is 2. The zero-order chi connectivity index (χ0) is 19.3. The number of alkyl halides is 3. The second-order valence-electron chi connectivity index (χ2n) is 5.69. The van der Waals surface area contributed by atoms with Crippen LogP contribution in [0.15, 0.2) is 83.9 Å². The van der Waals surface area contributed by atoms with Gasteiger partial charge in [0.2, 0.25) is 0 Å². The first-order valence-electron chi connectivity index (χ1n) is 8.13. The minimum absolute atomic E-state index is 0.282. The third kappa shape index (κ3) is 5.60. The lowest BCUT2D eigenvalue weighted by molar-refractivity contribution is -0.274. The van der Waals surface area contributed by atoms with Crippen molar-refractivity contribution in [2.75, 3.05) is 0 Å². The first-order chi connectivity index (χ1) is 12.9. The monoisotopic (exact) mass is 371 g/mol. The van der Waals surface area contributed by atoms with E-state index in [1.54, 1.807) is 37.3 Å². The van der Waals surface area contributed by atoms with Gasteiger partial charge in [-0.2, -0.15) is 0 Å². The smallest absolute Gasteiger partial charge is 0.457 e. The van der Waals surface area contributed by atoms with Gasteiger partial charge >= 0.3 is 6.36 Å². The van der Waals surface area contributed by atoms with Gasteiger partial charge in [-0.15, -0.1) is 13.2 Å². The number of hydrogen-bond acceptors (Lipinski definition) is 3. The van der Waals surface area contributed by atoms with E-state index >= 15 is 0 Å². The molecule has 0 atom stereocenters. The molecule has 0 saturated carbocycles. The first kappa shape index (κ1) is 18.5. The van der Waals surface area contributed by atoms with E-state index in [-0.39, 0.29) is 5.75 Å². The lowest BCUT2D eigenvalue weighted by Gasteiger charge is -2.10. The van der Waals surface area contributed by atoms with Gasteiger partial charge in [0.05, 0.1) is 5.69 Å². The number of para-hydroxylation sites is 1. The average Bonchev–Trinajstić information content (AvgIpc) is 2.62. The Morgan fingerprint density at radius 1 is 0.778 bits per heavy atom. The number of benzene rings is 3. The van der Waals surface area contributed by atoms with E-state index in [4.69, 9.17) is 4.74 Å². The van der Waals surface area contributed by atoms with Crippen molar-refractivity contribution in [1.29, 1.82) is 0 Å². The van der Waals surface area contributed by atoms with Crippen LogP contribution < -0.4 is 9.47 Å². The molecule has 0 radical (unpaired) electrons. The highest BCUT2D eigenvalue weighted by molar-refractivity contribution is 6.00. The average molecular weight is 371 g/mol. The maximum Gasteiger partial charge on any atom is 0.573 e. The third-order valence-electron chi connectivity index (χ3n) is 3.58. The zero-order valence-corrected chi connectivity index (χ0v) is 14.4. The molecule has 0 aliphatic heterocycles. The summed E-state index contributed by atoms with van der Waals surface area (Å²) in [5.41, 5.74) is 1.72. The predicted octanol–water partition coefficient (Wildman–Crippen LogP) is 6.52. The Hall–Kier alpha value is -3.28. The Morgan fingerprint density at radius 3 is 2.19 bits per heavy atom. The van der Waals surface area contributed by atoms with E-state index < -0.39 is 6.36 Å². The normalized spacial score (nSPS) is 11.9. The van der Waals surface area contributed by atoms with Crippen molar-refractivity contribution in [2.24, 2.45) is 4.99 Å². The molecule has 3 rings (SSSR count). The van der Waals surface area contributed by atoms with Crippen molar-refractivity contribution in [3.05, 3.63) is 84.4 Å². The summed E-state index contributed by atoms with van der Waals surface area (Å²) >= 11 is 0. The largest absolute Gasteiger partial charge is 0.573 e. The summed E-state index contributed by atoms with van der Waals surface area (Å²) in [7, 11) is 0. The minimum atomic E-state index is -4.73. The Balaban J connectivity index is 1.80. The van der Waals surface area contributed by atoms with Gasteiger partial charge in [-0.1, -0.05) is 36.4 Å². The fraction of sp³-hybridized carbons (Fsp3) is 0.0952. The van der Waals surface area contributed by atoms with E-state index in [1.807, 2.05) is 30.3 Å². The summed E-state index contributed by atoms with van der Waals surface area (Å²) in [6.07, 6.45) is -4.73. The fourth-order valence-corrected chi connectivity index (χ4v) is 2.42. The molecule has 0 unspecified atom stereocenters. The Kier molecular flexibility index (Phi) is 5.45. The van der Waals surface area contributed by atoms with Crippen molar-refractivity contribution >= 4 is 11.4 Å². The summed E-state index contributed by atoms with van der Waals surface area (Å²) in [5.74, 6) is 1.03. The summed E-state index contributed by atoms with van der Waals surface area (Å²) in [6.45, 7) is 1.72. The van der Waals surface area contributed by atoms with Gasteiger partial charge < -0.3 is 9.47 Å². The van der Waals surface area contributed by atoms with Gasteiger partial charge in [0, 0.05) is 11.8 Å². The predicted molar refractivity (Wildman–Crippen MR) is 98.0 cm³/mol. The molecule has 3 aromatic rings. The molecule has 0 bridgehead atoms. The van der Waals surface area contributed by atoms with E-state index in [1.165, 1.54) is 18.2 Å². The summed E-state index contributed by atoms with van der Waals surface area (Å²) < 4.78 is 46.9. The van der Waals surface area contributed by atoms with Crippen LogP contribution in [-0.4, -0.2) is 12.1 Å².